The van der Waals surface area contributed by atoms with Crippen LogP contribution in [0.2, 0.25) is 5.02 Å². The first-order chi connectivity index (χ1) is 8.61. The van der Waals surface area contributed by atoms with E-state index in [2.05, 4.69) is 11.2 Å². The normalized spacial score (nSPS) is 16.9. The molecule has 1 aliphatic heterocycles. The zero-order valence-electron chi connectivity index (χ0n) is 10.4. The summed E-state index contributed by atoms with van der Waals surface area (Å²) in [5, 5.41) is 1.51. The van der Waals surface area contributed by atoms with Gasteiger partial charge in [-0.2, -0.15) is 11.8 Å². The van der Waals surface area contributed by atoms with Crippen molar-refractivity contribution in [2.45, 2.75) is 18.1 Å². The molecule has 1 fully saturated rings. The highest BCUT2D eigenvalue weighted by Crippen LogP contribution is 2.30. The molecule has 2 rings (SSSR count). The lowest BCUT2D eigenvalue weighted by atomic mass is 10.1. The molecule has 0 spiro atoms. The molecular formula is C13H17ClN2S2. The fourth-order valence-electron chi connectivity index (χ4n) is 2.31. The monoisotopic (exact) mass is 300 g/mol. The van der Waals surface area contributed by atoms with Crippen LogP contribution in [0.5, 0.6) is 0 Å². The Morgan fingerprint density at radius 3 is 2.67 bits per heavy atom. The van der Waals surface area contributed by atoms with E-state index in [4.69, 9.17) is 29.6 Å². The van der Waals surface area contributed by atoms with Gasteiger partial charge in [-0.05, 0) is 37.3 Å². The number of nitrogens with two attached hydrogens (primary N) is 1. The van der Waals surface area contributed by atoms with Crippen molar-refractivity contribution in [2.24, 2.45) is 5.73 Å². The summed E-state index contributed by atoms with van der Waals surface area (Å²) in [5.41, 5.74) is 7.79. The molecule has 0 bridgehead atoms. The number of thiocarbonyl (C=S) groups is 1. The van der Waals surface area contributed by atoms with Crippen molar-refractivity contribution in [2.75, 3.05) is 24.2 Å². The minimum atomic E-state index is 0.439. The molecule has 0 atom stereocenters. The summed E-state index contributed by atoms with van der Waals surface area (Å²) in [6.07, 6.45) is 4.58. The second-order valence-electron chi connectivity index (χ2n) is 4.45. The molecule has 1 aromatic carbocycles. The Bertz CT molecular complexity index is 443. The number of hydrogen-bond donors (Lipinski definition) is 1. The predicted molar refractivity (Wildman–Crippen MR) is 86.1 cm³/mol. The van der Waals surface area contributed by atoms with Gasteiger partial charge in [-0.15, -0.1) is 0 Å². The molecule has 1 saturated heterocycles. The third kappa shape index (κ3) is 3.11. The van der Waals surface area contributed by atoms with Crippen LogP contribution < -0.4 is 10.6 Å². The van der Waals surface area contributed by atoms with E-state index in [1.54, 1.807) is 0 Å². The van der Waals surface area contributed by atoms with Crippen LogP contribution >= 0.6 is 35.6 Å². The number of halogens is 1. The van der Waals surface area contributed by atoms with Crippen LogP contribution in [0.4, 0.5) is 5.69 Å². The van der Waals surface area contributed by atoms with Crippen molar-refractivity contribution in [3.05, 3.63) is 28.8 Å². The highest BCUT2D eigenvalue weighted by molar-refractivity contribution is 7.99. The van der Waals surface area contributed by atoms with Crippen LogP contribution in [-0.4, -0.2) is 29.6 Å². The molecule has 1 aliphatic rings. The SMILES string of the molecule is CSC1CCN(c2cc(Cl)ccc2C(N)=S)CC1. The van der Waals surface area contributed by atoms with Crippen LogP contribution in [0, 0.1) is 0 Å². The Labute approximate surface area is 123 Å². The van der Waals surface area contributed by atoms with Crippen molar-refractivity contribution in [1.29, 1.82) is 0 Å². The Hall–Kier alpha value is -0.450. The van der Waals surface area contributed by atoms with Gasteiger partial charge in [0, 0.05) is 34.6 Å². The molecule has 0 radical (unpaired) electrons. The van der Waals surface area contributed by atoms with Crippen molar-refractivity contribution < 1.29 is 0 Å². The van der Waals surface area contributed by atoms with Crippen molar-refractivity contribution in [3.63, 3.8) is 0 Å². The maximum atomic E-state index is 6.08. The Kier molecular flexibility index (Phi) is 4.76. The lowest BCUT2D eigenvalue weighted by molar-refractivity contribution is 0.591. The smallest absolute Gasteiger partial charge is 0.106 e. The summed E-state index contributed by atoms with van der Waals surface area (Å²) in [7, 11) is 0. The van der Waals surface area contributed by atoms with Gasteiger partial charge >= 0.3 is 0 Å². The van der Waals surface area contributed by atoms with Gasteiger partial charge in [-0.3, -0.25) is 0 Å². The van der Waals surface area contributed by atoms with Gasteiger partial charge in [0.25, 0.3) is 0 Å². The molecule has 2 nitrogen and oxygen atoms in total. The molecule has 1 aromatic rings. The third-order valence-corrected chi connectivity index (χ3v) is 4.93. The minimum Gasteiger partial charge on any atom is -0.389 e. The number of piperidine rings is 1. The number of anilines is 1. The number of rotatable bonds is 3. The Morgan fingerprint density at radius 2 is 2.11 bits per heavy atom. The molecule has 0 amide bonds. The molecule has 0 aliphatic carbocycles. The summed E-state index contributed by atoms with van der Waals surface area (Å²) in [6.45, 7) is 2.09. The van der Waals surface area contributed by atoms with Crippen LogP contribution in [0.25, 0.3) is 0 Å². The minimum absolute atomic E-state index is 0.439. The van der Waals surface area contributed by atoms with Gasteiger partial charge in [0.05, 0.1) is 0 Å². The lowest BCUT2D eigenvalue weighted by Gasteiger charge is -2.34. The first-order valence-electron chi connectivity index (χ1n) is 5.99. The van der Waals surface area contributed by atoms with Crippen LogP contribution in [0.1, 0.15) is 18.4 Å². The van der Waals surface area contributed by atoms with Crippen LogP contribution in [0.15, 0.2) is 18.2 Å². The van der Waals surface area contributed by atoms with E-state index < -0.39 is 0 Å². The van der Waals surface area contributed by atoms with E-state index in [-0.39, 0.29) is 0 Å². The van der Waals surface area contributed by atoms with Gasteiger partial charge in [-0.25, -0.2) is 0 Å². The lowest BCUT2D eigenvalue weighted by Crippen LogP contribution is -2.36. The van der Waals surface area contributed by atoms with Gasteiger partial charge in [-0.1, -0.05) is 23.8 Å². The largest absolute Gasteiger partial charge is 0.389 e. The number of thioether (sulfide) groups is 1. The average Bonchev–Trinajstić information content (AvgIpc) is 2.38. The van der Waals surface area contributed by atoms with Gasteiger partial charge in [0.1, 0.15) is 4.99 Å². The standard InChI is InChI=1S/C13H17ClN2S2/c1-18-10-4-6-16(7-5-10)12-8-9(14)2-3-11(12)13(15)17/h2-3,8,10H,4-7H2,1H3,(H2,15,17). The van der Waals surface area contributed by atoms with Crippen molar-refractivity contribution in [1.82, 2.24) is 0 Å². The maximum Gasteiger partial charge on any atom is 0.106 e. The molecule has 0 saturated carbocycles. The molecule has 1 heterocycles. The molecule has 0 aromatic heterocycles. The highest BCUT2D eigenvalue weighted by atomic mass is 35.5. The zero-order chi connectivity index (χ0) is 13.1. The van der Waals surface area contributed by atoms with E-state index in [1.807, 2.05) is 30.0 Å². The van der Waals surface area contributed by atoms with Crippen LogP contribution in [0.3, 0.4) is 0 Å². The predicted octanol–water partition coefficient (Wildman–Crippen LogP) is 3.31. The van der Waals surface area contributed by atoms with Crippen LogP contribution in [-0.2, 0) is 0 Å². The summed E-state index contributed by atoms with van der Waals surface area (Å²) >= 11 is 13.1. The van der Waals surface area contributed by atoms with E-state index in [0.717, 1.165) is 34.6 Å². The van der Waals surface area contributed by atoms with E-state index in [0.29, 0.717) is 4.99 Å². The number of hydrogen-bond acceptors (Lipinski definition) is 3. The molecule has 0 unspecified atom stereocenters. The molecule has 2 N–H and O–H groups in total. The Morgan fingerprint density at radius 1 is 1.44 bits per heavy atom. The van der Waals surface area contributed by atoms with Crippen molar-refractivity contribution >= 4 is 46.3 Å². The first kappa shape index (κ1) is 14.0. The summed E-state index contributed by atoms with van der Waals surface area (Å²) in [4.78, 5) is 2.78. The fourth-order valence-corrected chi connectivity index (χ4v) is 3.33. The van der Waals surface area contributed by atoms with Crippen molar-refractivity contribution in [3.8, 4) is 0 Å². The average molecular weight is 301 g/mol. The third-order valence-electron chi connectivity index (χ3n) is 3.34. The topological polar surface area (TPSA) is 29.3 Å². The molecule has 98 valence electrons. The zero-order valence-corrected chi connectivity index (χ0v) is 12.7. The molecule has 5 heteroatoms. The number of nitrogens with zero attached hydrogens (tertiary/aromatic N) is 1. The summed E-state index contributed by atoms with van der Waals surface area (Å²) in [5.74, 6) is 0. The number of benzene rings is 1. The first-order valence-corrected chi connectivity index (χ1v) is 8.06. The quantitative estimate of drug-likeness (QED) is 0.867. The van der Waals surface area contributed by atoms with E-state index in [1.165, 1.54) is 12.8 Å². The Balaban J connectivity index is 2.22. The van der Waals surface area contributed by atoms with E-state index in [9.17, 15) is 0 Å². The highest BCUT2D eigenvalue weighted by Gasteiger charge is 2.21. The second kappa shape index (κ2) is 6.13. The summed E-state index contributed by atoms with van der Waals surface area (Å²) < 4.78 is 0. The summed E-state index contributed by atoms with van der Waals surface area (Å²) in [6, 6.07) is 5.73. The fraction of sp³-hybridized carbons (Fsp3) is 0.462. The molecular weight excluding hydrogens is 284 g/mol. The maximum absolute atomic E-state index is 6.08. The van der Waals surface area contributed by atoms with E-state index >= 15 is 0 Å². The molecule has 18 heavy (non-hydrogen) atoms. The second-order valence-corrected chi connectivity index (χ2v) is 6.46. The van der Waals surface area contributed by atoms with Gasteiger partial charge in [0.15, 0.2) is 0 Å². The van der Waals surface area contributed by atoms with Gasteiger partial charge < -0.3 is 10.6 Å². The van der Waals surface area contributed by atoms with Gasteiger partial charge in [0.2, 0.25) is 0 Å².